The van der Waals surface area contributed by atoms with Crippen molar-refractivity contribution in [3.63, 3.8) is 0 Å². The number of halogens is 1. The number of hydrogen-bond acceptors (Lipinski definition) is 3. The van der Waals surface area contributed by atoms with Crippen molar-refractivity contribution in [1.29, 1.82) is 0 Å². The predicted molar refractivity (Wildman–Crippen MR) is 124 cm³/mol. The van der Waals surface area contributed by atoms with E-state index in [0.717, 1.165) is 11.3 Å². The lowest BCUT2D eigenvalue weighted by Crippen LogP contribution is -2.45. The van der Waals surface area contributed by atoms with Crippen LogP contribution in [0.2, 0.25) is 0 Å². The molecule has 1 aliphatic carbocycles. The molecule has 0 saturated heterocycles. The van der Waals surface area contributed by atoms with Crippen LogP contribution in [-0.2, 0) is 10.2 Å². The first kappa shape index (κ1) is 22.7. The Kier molecular flexibility index (Phi) is 6.81. The maximum atomic E-state index is 14.1. The first-order valence-electron chi connectivity index (χ1n) is 10.6. The molecule has 1 N–H and O–H groups in total. The summed E-state index contributed by atoms with van der Waals surface area (Å²) in [7, 11) is 4.24. The van der Waals surface area contributed by atoms with Crippen molar-refractivity contribution in [3.8, 4) is 0 Å². The number of likely N-dealkylation sites (N-methyl/N-ethyl adjacent to an activating group) is 1. The lowest BCUT2D eigenvalue weighted by molar-refractivity contribution is -0.123. The monoisotopic (exact) mass is 429 g/mol. The third-order valence-electron chi connectivity index (χ3n) is 5.94. The van der Waals surface area contributed by atoms with Crippen LogP contribution < -0.4 is 10.2 Å². The third-order valence-corrected chi connectivity index (χ3v) is 6.52. The summed E-state index contributed by atoms with van der Waals surface area (Å²) in [6, 6.07) is 11.6. The summed E-state index contributed by atoms with van der Waals surface area (Å²) in [5.74, 6) is -0.0782. The molecule has 0 aliphatic heterocycles. The molecule has 1 aliphatic rings. The van der Waals surface area contributed by atoms with Crippen molar-refractivity contribution in [3.05, 3.63) is 59.9 Å². The smallest absolute Gasteiger partial charge is 0.247 e. The van der Waals surface area contributed by atoms with Gasteiger partial charge in [-0.2, -0.15) is 0 Å². The average molecular weight is 430 g/mol. The summed E-state index contributed by atoms with van der Waals surface area (Å²) >= 11 is 0. The minimum Gasteiger partial charge on any atom is -0.359 e. The number of nitrogens with zero attached hydrogens (tertiary/aromatic N) is 2. The number of carbonyl (C=O) groups excluding carboxylic acids is 1. The molecule has 2 atom stereocenters. The number of nitrogens with one attached hydrogen (secondary N) is 1. The number of alkyl halides is 1. The molecule has 1 heterocycles. The van der Waals surface area contributed by atoms with Crippen LogP contribution in [0.1, 0.15) is 63.6 Å². The SMILES string of the molecule is CN(c1ccc(C(C)(C)C)cc1)C(C(=O)NC1CCC(F)(P)CC1)c1cccnc1. The van der Waals surface area contributed by atoms with Crippen molar-refractivity contribution in [2.75, 3.05) is 11.9 Å². The summed E-state index contributed by atoms with van der Waals surface area (Å²) in [5.41, 5.74) is 3.11. The Morgan fingerprint density at radius 1 is 1.23 bits per heavy atom. The van der Waals surface area contributed by atoms with E-state index in [4.69, 9.17) is 0 Å². The Balaban J connectivity index is 1.81. The Hall–Kier alpha value is -2.00. The second-order valence-electron chi connectivity index (χ2n) is 9.41. The molecule has 1 aromatic heterocycles. The molecule has 1 amide bonds. The summed E-state index contributed by atoms with van der Waals surface area (Å²) in [5, 5.41) is 1.96. The van der Waals surface area contributed by atoms with E-state index in [1.54, 1.807) is 12.4 Å². The maximum absolute atomic E-state index is 14.1. The van der Waals surface area contributed by atoms with Crippen LogP contribution in [0.3, 0.4) is 0 Å². The van der Waals surface area contributed by atoms with Crippen molar-refractivity contribution in [1.82, 2.24) is 10.3 Å². The van der Waals surface area contributed by atoms with Crippen LogP contribution in [-0.4, -0.2) is 29.4 Å². The van der Waals surface area contributed by atoms with Crippen molar-refractivity contribution >= 4 is 20.8 Å². The van der Waals surface area contributed by atoms with E-state index in [-0.39, 0.29) is 17.4 Å². The molecule has 1 fully saturated rings. The first-order chi connectivity index (χ1) is 14.1. The van der Waals surface area contributed by atoms with Crippen molar-refractivity contribution in [2.24, 2.45) is 0 Å². The average Bonchev–Trinajstić information content (AvgIpc) is 2.70. The van der Waals surface area contributed by atoms with E-state index < -0.39 is 11.5 Å². The van der Waals surface area contributed by atoms with Gasteiger partial charge in [-0.15, -0.1) is 0 Å². The number of hydrogen-bond donors (Lipinski definition) is 1. The Labute approximate surface area is 181 Å². The van der Waals surface area contributed by atoms with E-state index in [2.05, 4.69) is 64.6 Å². The van der Waals surface area contributed by atoms with Gasteiger partial charge in [-0.25, -0.2) is 4.39 Å². The van der Waals surface area contributed by atoms with Crippen LogP contribution in [0, 0.1) is 0 Å². The largest absolute Gasteiger partial charge is 0.359 e. The van der Waals surface area contributed by atoms with Gasteiger partial charge in [0.25, 0.3) is 0 Å². The fourth-order valence-corrected chi connectivity index (χ4v) is 4.29. The number of anilines is 1. The zero-order valence-electron chi connectivity index (χ0n) is 18.4. The van der Waals surface area contributed by atoms with Crippen LogP contribution in [0.4, 0.5) is 10.1 Å². The van der Waals surface area contributed by atoms with Crippen LogP contribution >= 0.6 is 9.24 Å². The normalized spacial score (nSPS) is 22.9. The van der Waals surface area contributed by atoms with Gasteiger partial charge >= 0.3 is 0 Å². The molecule has 0 bridgehead atoms. The number of aromatic nitrogens is 1. The van der Waals surface area contributed by atoms with E-state index in [9.17, 15) is 9.18 Å². The van der Waals surface area contributed by atoms with E-state index >= 15 is 0 Å². The van der Waals surface area contributed by atoms with Crippen molar-refractivity contribution in [2.45, 2.75) is 69.4 Å². The topological polar surface area (TPSA) is 45.2 Å². The van der Waals surface area contributed by atoms with Gasteiger partial charge in [-0.1, -0.05) is 48.2 Å². The second kappa shape index (κ2) is 9.01. The molecule has 30 heavy (non-hydrogen) atoms. The minimum atomic E-state index is -1.20. The molecule has 3 rings (SSSR count). The molecule has 4 nitrogen and oxygen atoms in total. The molecule has 1 aromatic carbocycles. The zero-order valence-corrected chi connectivity index (χ0v) is 19.5. The Morgan fingerprint density at radius 2 is 1.87 bits per heavy atom. The third kappa shape index (κ3) is 5.57. The Morgan fingerprint density at radius 3 is 2.40 bits per heavy atom. The molecule has 2 unspecified atom stereocenters. The second-order valence-corrected chi connectivity index (χ2v) is 10.4. The predicted octanol–water partition coefficient (Wildman–Crippen LogP) is 5.16. The minimum absolute atomic E-state index is 0.00207. The molecular weight excluding hydrogens is 396 g/mol. The highest BCUT2D eigenvalue weighted by atomic mass is 31.0. The fourth-order valence-electron chi connectivity index (χ4n) is 3.96. The van der Waals surface area contributed by atoms with Gasteiger partial charge in [0.15, 0.2) is 0 Å². The molecule has 1 saturated carbocycles. The summed E-state index contributed by atoms with van der Waals surface area (Å²) in [6.45, 7) is 6.55. The van der Waals surface area contributed by atoms with Gasteiger partial charge in [0.05, 0.1) is 0 Å². The Bertz CT molecular complexity index is 839. The lowest BCUT2D eigenvalue weighted by atomic mass is 9.87. The van der Waals surface area contributed by atoms with Crippen LogP contribution in [0.15, 0.2) is 48.8 Å². The summed E-state index contributed by atoms with van der Waals surface area (Å²) in [4.78, 5) is 19.5. The van der Waals surface area contributed by atoms with Gasteiger partial charge in [0.2, 0.25) is 5.91 Å². The standard InChI is InChI=1S/C24H33FN3OP/c1-23(2,3)18-7-9-20(10-8-18)28(4)21(17-6-5-15-26-16-17)22(29)27-19-11-13-24(25,30)14-12-19/h5-10,15-16,19,21H,11-14,30H2,1-4H3,(H,27,29). The van der Waals surface area contributed by atoms with E-state index in [1.165, 1.54) is 5.56 Å². The highest BCUT2D eigenvalue weighted by Crippen LogP contribution is 2.37. The lowest BCUT2D eigenvalue weighted by Gasteiger charge is -2.34. The number of amides is 1. The fraction of sp³-hybridized carbons (Fsp3) is 0.500. The highest BCUT2D eigenvalue weighted by molar-refractivity contribution is 7.18. The van der Waals surface area contributed by atoms with Gasteiger partial charge < -0.3 is 10.2 Å². The molecule has 162 valence electrons. The van der Waals surface area contributed by atoms with Crippen molar-refractivity contribution < 1.29 is 9.18 Å². The van der Waals surface area contributed by atoms with Gasteiger partial charge in [0.1, 0.15) is 11.5 Å². The van der Waals surface area contributed by atoms with Gasteiger partial charge in [-0.05, 0) is 54.9 Å². The number of pyridine rings is 1. The van der Waals surface area contributed by atoms with Gasteiger partial charge in [-0.3, -0.25) is 9.78 Å². The van der Waals surface area contributed by atoms with E-state index in [1.807, 2.05) is 24.1 Å². The van der Waals surface area contributed by atoms with Gasteiger partial charge in [0, 0.05) is 36.7 Å². The molecule has 0 radical (unpaired) electrons. The van der Waals surface area contributed by atoms with Crippen LogP contribution in [0.25, 0.3) is 0 Å². The first-order valence-corrected chi connectivity index (χ1v) is 11.2. The van der Waals surface area contributed by atoms with E-state index in [0.29, 0.717) is 25.7 Å². The quantitative estimate of drug-likeness (QED) is 0.668. The maximum Gasteiger partial charge on any atom is 0.247 e. The molecule has 6 heteroatoms. The zero-order chi connectivity index (χ0) is 21.9. The number of carbonyl (C=O) groups is 1. The molecule has 2 aromatic rings. The summed E-state index contributed by atoms with van der Waals surface area (Å²) < 4.78 is 14.1. The summed E-state index contributed by atoms with van der Waals surface area (Å²) in [6.07, 6.45) is 5.64. The van der Waals surface area contributed by atoms with Crippen LogP contribution in [0.5, 0.6) is 0 Å². The highest BCUT2D eigenvalue weighted by Gasteiger charge is 2.34. The number of benzene rings is 1. The molecule has 0 spiro atoms. The number of rotatable bonds is 5. The molecular formula is C24H33FN3OP.